The number of nitrogens with one attached hydrogen (secondary N) is 1. The first kappa shape index (κ1) is 18.6. The topological polar surface area (TPSA) is 78.5 Å². The van der Waals surface area contributed by atoms with Crippen LogP contribution in [-0.2, 0) is 21.5 Å². The predicted molar refractivity (Wildman–Crippen MR) is 99.1 cm³/mol. The van der Waals surface area contributed by atoms with Gasteiger partial charge in [0.1, 0.15) is 12.4 Å². The molecule has 0 aliphatic carbocycles. The normalized spacial score (nSPS) is 18.2. The van der Waals surface area contributed by atoms with Gasteiger partial charge in [0.2, 0.25) is 5.91 Å². The number of carbonyl (C=O) groups is 2. The number of H-pyrrole nitrogens is 1. The molecular weight excluding hydrogens is 363 g/mol. The van der Waals surface area contributed by atoms with E-state index in [0.29, 0.717) is 38.9 Å². The van der Waals surface area contributed by atoms with Crippen molar-refractivity contribution in [3.63, 3.8) is 0 Å². The van der Waals surface area contributed by atoms with Gasteiger partial charge in [0.15, 0.2) is 0 Å². The van der Waals surface area contributed by atoms with Crippen LogP contribution < -0.4 is 0 Å². The standard InChI is InChI=1S/C20H23FN4O3/c1-28-12-17(26)25-9-6-16-18(23-13-22-16)20(25)7-10-24(11-8-20)19(27)14-4-2-3-5-15(14)21/h2-5,13H,6-12H2,1H3,(H,22,23). The number of halogens is 1. The van der Waals surface area contributed by atoms with Crippen LogP contribution in [0.5, 0.6) is 0 Å². The Balaban J connectivity index is 1.59. The van der Waals surface area contributed by atoms with Crippen LogP contribution in [0, 0.1) is 5.82 Å². The van der Waals surface area contributed by atoms with E-state index in [1.807, 2.05) is 4.90 Å². The molecule has 0 atom stereocenters. The number of benzene rings is 1. The smallest absolute Gasteiger partial charge is 0.256 e. The second kappa shape index (κ2) is 7.35. The van der Waals surface area contributed by atoms with Gasteiger partial charge >= 0.3 is 0 Å². The van der Waals surface area contributed by atoms with Crippen molar-refractivity contribution in [2.45, 2.75) is 24.8 Å². The second-order valence-electron chi connectivity index (χ2n) is 7.26. The third-order valence-corrected chi connectivity index (χ3v) is 5.81. The molecule has 3 heterocycles. The number of aromatic nitrogens is 2. The van der Waals surface area contributed by atoms with E-state index >= 15 is 0 Å². The van der Waals surface area contributed by atoms with E-state index in [1.54, 1.807) is 23.4 Å². The van der Waals surface area contributed by atoms with Gasteiger partial charge in [0.05, 0.1) is 23.1 Å². The fourth-order valence-corrected chi connectivity index (χ4v) is 4.43. The Morgan fingerprint density at radius 3 is 2.71 bits per heavy atom. The molecule has 0 radical (unpaired) electrons. The first-order valence-electron chi connectivity index (χ1n) is 9.43. The largest absolute Gasteiger partial charge is 0.375 e. The number of ether oxygens (including phenoxy) is 1. The number of imidazole rings is 1. The molecule has 1 saturated heterocycles. The first-order chi connectivity index (χ1) is 13.6. The average molecular weight is 386 g/mol. The number of hydrogen-bond acceptors (Lipinski definition) is 4. The quantitative estimate of drug-likeness (QED) is 0.871. The maximum atomic E-state index is 14.0. The number of piperidine rings is 1. The van der Waals surface area contributed by atoms with E-state index in [0.717, 1.165) is 11.4 Å². The minimum atomic E-state index is -0.560. The van der Waals surface area contributed by atoms with Crippen LogP contribution in [0.1, 0.15) is 34.6 Å². The summed E-state index contributed by atoms with van der Waals surface area (Å²) in [5.41, 5.74) is 1.43. The summed E-state index contributed by atoms with van der Waals surface area (Å²) in [6, 6.07) is 6.02. The second-order valence-corrected chi connectivity index (χ2v) is 7.26. The van der Waals surface area contributed by atoms with Gasteiger partial charge in [-0.05, 0) is 25.0 Å². The van der Waals surface area contributed by atoms with Crippen LogP contribution in [0.2, 0.25) is 0 Å². The predicted octanol–water partition coefficient (Wildman–Crippen LogP) is 1.71. The highest BCUT2D eigenvalue weighted by Gasteiger charge is 2.49. The molecule has 1 fully saturated rings. The molecule has 8 heteroatoms. The van der Waals surface area contributed by atoms with Crippen LogP contribution in [0.4, 0.5) is 4.39 Å². The molecule has 2 aliphatic heterocycles. The molecule has 7 nitrogen and oxygen atoms in total. The molecule has 1 N–H and O–H groups in total. The summed E-state index contributed by atoms with van der Waals surface area (Å²) in [4.78, 5) is 36.7. The van der Waals surface area contributed by atoms with Crippen molar-refractivity contribution < 1.29 is 18.7 Å². The first-order valence-corrected chi connectivity index (χ1v) is 9.43. The van der Waals surface area contributed by atoms with Crippen molar-refractivity contribution in [1.82, 2.24) is 19.8 Å². The van der Waals surface area contributed by atoms with Gasteiger partial charge in [-0.15, -0.1) is 0 Å². The summed E-state index contributed by atoms with van der Waals surface area (Å²) < 4.78 is 19.1. The molecule has 2 aromatic rings. The van der Waals surface area contributed by atoms with E-state index in [9.17, 15) is 14.0 Å². The van der Waals surface area contributed by atoms with Crippen LogP contribution in [0.3, 0.4) is 0 Å². The Labute approximate surface area is 162 Å². The summed E-state index contributed by atoms with van der Waals surface area (Å²) >= 11 is 0. The molecule has 1 spiro atoms. The van der Waals surface area contributed by atoms with E-state index in [-0.39, 0.29) is 24.0 Å². The van der Waals surface area contributed by atoms with Crippen molar-refractivity contribution in [2.75, 3.05) is 33.4 Å². The zero-order valence-electron chi connectivity index (χ0n) is 15.8. The molecular formula is C20H23FN4O3. The van der Waals surface area contributed by atoms with Crippen molar-refractivity contribution in [3.8, 4) is 0 Å². The zero-order chi connectivity index (χ0) is 19.7. The Bertz CT molecular complexity index is 889. The summed E-state index contributed by atoms with van der Waals surface area (Å²) in [6.45, 7) is 1.45. The molecule has 0 unspecified atom stereocenters. The minimum absolute atomic E-state index is 0.0133. The van der Waals surface area contributed by atoms with Crippen LogP contribution in [-0.4, -0.2) is 64.9 Å². The lowest BCUT2D eigenvalue weighted by atomic mass is 9.78. The van der Waals surface area contributed by atoms with Gasteiger partial charge in [0, 0.05) is 38.9 Å². The third kappa shape index (κ3) is 2.97. The molecule has 2 amide bonds. The summed E-state index contributed by atoms with van der Waals surface area (Å²) in [6.07, 6.45) is 3.49. The fourth-order valence-electron chi connectivity index (χ4n) is 4.43. The Hall–Kier alpha value is -2.74. The lowest BCUT2D eigenvalue weighted by Gasteiger charge is -2.50. The number of nitrogens with zero attached hydrogens (tertiary/aromatic N) is 3. The van der Waals surface area contributed by atoms with E-state index in [1.165, 1.54) is 19.2 Å². The van der Waals surface area contributed by atoms with Crippen molar-refractivity contribution >= 4 is 11.8 Å². The number of hydrogen-bond donors (Lipinski definition) is 1. The van der Waals surface area contributed by atoms with Gasteiger partial charge in [-0.2, -0.15) is 0 Å². The van der Waals surface area contributed by atoms with Gasteiger partial charge in [-0.1, -0.05) is 12.1 Å². The van der Waals surface area contributed by atoms with Gasteiger partial charge in [0.25, 0.3) is 5.91 Å². The van der Waals surface area contributed by atoms with Gasteiger partial charge in [-0.25, -0.2) is 9.37 Å². The number of aromatic amines is 1. The van der Waals surface area contributed by atoms with Gasteiger partial charge < -0.3 is 19.5 Å². The maximum absolute atomic E-state index is 14.0. The SMILES string of the molecule is COCC(=O)N1CCc2[nH]cnc2C12CCN(C(=O)c1ccccc1F)CC2. The highest BCUT2D eigenvalue weighted by molar-refractivity contribution is 5.94. The summed E-state index contributed by atoms with van der Waals surface area (Å²) in [5, 5.41) is 0. The molecule has 148 valence electrons. The van der Waals surface area contributed by atoms with E-state index in [2.05, 4.69) is 9.97 Å². The highest BCUT2D eigenvalue weighted by Crippen LogP contribution is 2.42. The lowest BCUT2D eigenvalue weighted by Crippen LogP contribution is -2.59. The van der Waals surface area contributed by atoms with Crippen LogP contribution in [0.25, 0.3) is 0 Å². The Kier molecular flexibility index (Phi) is 4.89. The summed E-state index contributed by atoms with van der Waals surface area (Å²) in [5.74, 6) is -0.914. The van der Waals surface area contributed by atoms with Crippen molar-refractivity contribution in [2.24, 2.45) is 0 Å². The van der Waals surface area contributed by atoms with Crippen LogP contribution >= 0.6 is 0 Å². The number of likely N-dealkylation sites (tertiary alicyclic amines) is 1. The number of amides is 2. The Morgan fingerprint density at radius 1 is 1.25 bits per heavy atom. The number of methoxy groups -OCH3 is 1. The average Bonchev–Trinajstić information content (AvgIpc) is 3.19. The van der Waals surface area contributed by atoms with Crippen molar-refractivity contribution in [1.29, 1.82) is 0 Å². The van der Waals surface area contributed by atoms with Crippen LogP contribution in [0.15, 0.2) is 30.6 Å². The molecule has 0 saturated carbocycles. The van der Waals surface area contributed by atoms with E-state index < -0.39 is 11.4 Å². The Morgan fingerprint density at radius 2 is 2.00 bits per heavy atom. The fraction of sp³-hybridized carbons (Fsp3) is 0.450. The molecule has 1 aromatic carbocycles. The summed E-state index contributed by atoms with van der Waals surface area (Å²) in [7, 11) is 1.50. The highest BCUT2D eigenvalue weighted by atomic mass is 19.1. The van der Waals surface area contributed by atoms with E-state index in [4.69, 9.17) is 4.74 Å². The van der Waals surface area contributed by atoms with Crippen molar-refractivity contribution in [3.05, 3.63) is 53.4 Å². The minimum Gasteiger partial charge on any atom is -0.375 e. The molecule has 0 bridgehead atoms. The number of fused-ring (bicyclic) bond motifs is 2. The molecule has 28 heavy (non-hydrogen) atoms. The molecule has 4 rings (SSSR count). The number of carbonyl (C=O) groups excluding carboxylic acids is 2. The molecule has 2 aliphatic rings. The lowest BCUT2D eigenvalue weighted by molar-refractivity contribution is -0.145. The third-order valence-electron chi connectivity index (χ3n) is 5.81. The maximum Gasteiger partial charge on any atom is 0.256 e. The number of rotatable bonds is 3. The van der Waals surface area contributed by atoms with Gasteiger partial charge in [-0.3, -0.25) is 9.59 Å². The molecule has 1 aromatic heterocycles. The zero-order valence-corrected chi connectivity index (χ0v) is 15.8. The monoisotopic (exact) mass is 386 g/mol.